The van der Waals surface area contributed by atoms with Crippen molar-refractivity contribution in [1.29, 1.82) is 0 Å². The van der Waals surface area contributed by atoms with Crippen LogP contribution in [-0.4, -0.2) is 36.7 Å². The van der Waals surface area contributed by atoms with Gasteiger partial charge in [-0.05, 0) is 13.0 Å². The maximum atomic E-state index is 11.7. The summed E-state index contributed by atoms with van der Waals surface area (Å²) < 4.78 is 1.34. The Morgan fingerprint density at radius 1 is 1.56 bits per heavy atom. The van der Waals surface area contributed by atoms with Crippen LogP contribution in [0.15, 0.2) is 18.7 Å². The molecule has 0 saturated carbocycles. The molecule has 8 heteroatoms. The molecule has 0 atom stereocenters. The second-order valence-corrected chi connectivity index (χ2v) is 3.69. The lowest BCUT2D eigenvalue weighted by Crippen LogP contribution is -2.20. The summed E-state index contributed by atoms with van der Waals surface area (Å²) in [6, 6.07) is 1.56. The summed E-state index contributed by atoms with van der Waals surface area (Å²) in [7, 11) is 0. The summed E-state index contributed by atoms with van der Waals surface area (Å²) in [6.45, 7) is 1.68. The van der Waals surface area contributed by atoms with Crippen LogP contribution in [0.2, 0.25) is 0 Å². The fraction of sp³-hybridized carbons (Fsp3) is 0.200. The van der Waals surface area contributed by atoms with E-state index in [0.717, 1.165) is 0 Å². The van der Waals surface area contributed by atoms with Gasteiger partial charge in [0, 0.05) is 5.69 Å². The molecule has 2 rings (SSSR count). The van der Waals surface area contributed by atoms with Crippen molar-refractivity contribution in [2.75, 3.05) is 5.32 Å². The highest BCUT2D eigenvalue weighted by molar-refractivity contribution is 5.99. The first kappa shape index (κ1) is 11.8. The van der Waals surface area contributed by atoms with Crippen LogP contribution in [0.1, 0.15) is 16.2 Å². The zero-order valence-electron chi connectivity index (χ0n) is 9.54. The number of carboxylic acid groups (broad SMARTS) is 1. The number of carbonyl (C=O) groups is 2. The van der Waals surface area contributed by atoms with E-state index in [1.54, 1.807) is 13.0 Å². The van der Waals surface area contributed by atoms with Gasteiger partial charge in [0.15, 0.2) is 0 Å². The summed E-state index contributed by atoms with van der Waals surface area (Å²) in [4.78, 5) is 28.9. The standard InChI is InChI=1S/C10H11N5O3/c1-6-2-7(9(13-6)10(17)18)14-8(16)3-15-5-11-4-12-15/h2,4-5,13H,3H2,1H3,(H,14,16)(H,17,18). The smallest absolute Gasteiger partial charge is 0.354 e. The third kappa shape index (κ3) is 2.54. The molecule has 0 aromatic carbocycles. The number of hydrogen-bond acceptors (Lipinski definition) is 4. The highest BCUT2D eigenvalue weighted by Crippen LogP contribution is 2.16. The van der Waals surface area contributed by atoms with Gasteiger partial charge in [-0.1, -0.05) is 0 Å². The van der Waals surface area contributed by atoms with Gasteiger partial charge in [-0.2, -0.15) is 5.10 Å². The van der Waals surface area contributed by atoms with Crippen LogP contribution in [0.5, 0.6) is 0 Å². The predicted molar refractivity (Wildman–Crippen MR) is 61.1 cm³/mol. The molecule has 0 spiro atoms. The van der Waals surface area contributed by atoms with Gasteiger partial charge in [-0.25, -0.2) is 14.5 Å². The van der Waals surface area contributed by atoms with Crippen molar-refractivity contribution in [2.45, 2.75) is 13.5 Å². The maximum Gasteiger partial charge on any atom is 0.354 e. The lowest BCUT2D eigenvalue weighted by molar-refractivity contribution is -0.116. The largest absolute Gasteiger partial charge is 0.477 e. The van der Waals surface area contributed by atoms with E-state index >= 15 is 0 Å². The van der Waals surface area contributed by atoms with Gasteiger partial charge in [0.25, 0.3) is 0 Å². The Balaban J connectivity index is 2.09. The number of amides is 1. The van der Waals surface area contributed by atoms with E-state index in [4.69, 9.17) is 5.11 Å². The Morgan fingerprint density at radius 2 is 2.33 bits per heavy atom. The molecule has 2 aromatic heterocycles. The summed E-state index contributed by atoms with van der Waals surface area (Å²) in [5.41, 5.74) is 0.855. The Bertz CT molecular complexity index is 572. The minimum atomic E-state index is -1.13. The zero-order valence-corrected chi connectivity index (χ0v) is 9.54. The Hall–Kier alpha value is -2.64. The maximum absolute atomic E-state index is 11.7. The van der Waals surface area contributed by atoms with Crippen molar-refractivity contribution in [2.24, 2.45) is 0 Å². The van der Waals surface area contributed by atoms with E-state index < -0.39 is 5.97 Å². The second-order valence-electron chi connectivity index (χ2n) is 3.69. The fourth-order valence-electron chi connectivity index (χ4n) is 1.51. The van der Waals surface area contributed by atoms with Crippen molar-refractivity contribution < 1.29 is 14.7 Å². The molecule has 0 aliphatic heterocycles. The number of H-pyrrole nitrogens is 1. The monoisotopic (exact) mass is 249 g/mol. The van der Waals surface area contributed by atoms with Gasteiger partial charge in [0.05, 0.1) is 5.69 Å². The van der Waals surface area contributed by atoms with Gasteiger partial charge in [-0.3, -0.25) is 4.79 Å². The molecule has 0 aliphatic rings. The van der Waals surface area contributed by atoms with Crippen LogP contribution in [0.3, 0.4) is 0 Å². The second kappa shape index (κ2) is 4.70. The highest BCUT2D eigenvalue weighted by atomic mass is 16.4. The van der Waals surface area contributed by atoms with Gasteiger partial charge in [-0.15, -0.1) is 0 Å². The van der Waals surface area contributed by atoms with Crippen LogP contribution in [0, 0.1) is 6.92 Å². The quantitative estimate of drug-likeness (QED) is 0.718. The summed E-state index contributed by atoms with van der Waals surface area (Å²) in [5.74, 6) is -1.50. The number of nitrogens with zero attached hydrogens (tertiary/aromatic N) is 3. The van der Waals surface area contributed by atoms with E-state index in [0.29, 0.717) is 5.69 Å². The predicted octanol–water partition coefficient (Wildman–Crippen LogP) is 0.252. The van der Waals surface area contributed by atoms with Crippen molar-refractivity contribution in [1.82, 2.24) is 19.7 Å². The lowest BCUT2D eigenvalue weighted by Gasteiger charge is -2.03. The fourth-order valence-corrected chi connectivity index (χ4v) is 1.51. The number of aromatic nitrogens is 4. The topological polar surface area (TPSA) is 113 Å². The molecule has 0 aliphatic carbocycles. The molecule has 0 saturated heterocycles. The molecule has 3 N–H and O–H groups in total. The third-order valence-electron chi connectivity index (χ3n) is 2.21. The molecule has 0 bridgehead atoms. The number of aryl methyl sites for hydroxylation is 1. The summed E-state index contributed by atoms with van der Waals surface area (Å²) in [5, 5.41) is 15.2. The molecule has 0 fully saturated rings. The van der Waals surface area contributed by atoms with Crippen LogP contribution in [0.4, 0.5) is 5.69 Å². The number of nitrogens with one attached hydrogen (secondary N) is 2. The van der Waals surface area contributed by atoms with Crippen molar-refractivity contribution in [3.8, 4) is 0 Å². The minimum absolute atomic E-state index is 0.0245. The average Bonchev–Trinajstić information content (AvgIpc) is 2.88. The normalized spacial score (nSPS) is 10.3. The number of aromatic carboxylic acids is 1. The molecule has 0 radical (unpaired) electrons. The molecule has 2 heterocycles. The Labute approximate surface area is 102 Å². The van der Waals surface area contributed by atoms with Crippen molar-refractivity contribution >= 4 is 17.6 Å². The molecule has 0 unspecified atom stereocenters. The summed E-state index contributed by atoms with van der Waals surface area (Å²) in [6.07, 6.45) is 2.72. The van der Waals surface area contributed by atoms with Gasteiger partial charge < -0.3 is 15.4 Å². The summed E-state index contributed by atoms with van der Waals surface area (Å²) >= 11 is 0. The van der Waals surface area contributed by atoms with Gasteiger partial charge in [0.2, 0.25) is 5.91 Å². The van der Waals surface area contributed by atoms with E-state index in [2.05, 4.69) is 20.4 Å². The first-order valence-electron chi connectivity index (χ1n) is 5.11. The first-order chi connectivity index (χ1) is 8.56. The number of rotatable bonds is 4. The molecular weight excluding hydrogens is 238 g/mol. The zero-order chi connectivity index (χ0) is 13.1. The molecular formula is C10H11N5O3. The van der Waals surface area contributed by atoms with E-state index in [9.17, 15) is 9.59 Å². The van der Waals surface area contributed by atoms with Crippen LogP contribution < -0.4 is 5.32 Å². The van der Waals surface area contributed by atoms with Crippen LogP contribution >= 0.6 is 0 Å². The number of anilines is 1. The third-order valence-corrected chi connectivity index (χ3v) is 2.21. The molecule has 1 amide bonds. The average molecular weight is 249 g/mol. The Kier molecular flexibility index (Phi) is 3.09. The van der Waals surface area contributed by atoms with Crippen molar-refractivity contribution in [3.63, 3.8) is 0 Å². The number of hydrogen-bond donors (Lipinski definition) is 3. The minimum Gasteiger partial charge on any atom is -0.477 e. The lowest BCUT2D eigenvalue weighted by atomic mass is 10.3. The van der Waals surface area contributed by atoms with Gasteiger partial charge >= 0.3 is 5.97 Å². The van der Waals surface area contributed by atoms with E-state index in [1.807, 2.05) is 0 Å². The van der Waals surface area contributed by atoms with Crippen molar-refractivity contribution in [3.05, 3.63) is 30.1 Å². The first-order valence-corrected chi connectivity index (χ1v) is 5.11. The van der Waals surface area contributed by atoms with E-state index in [1.165, 1.54) is 17.3 Å². The molecule has 94 valence electrons. The van der Waals surface area contributed by atoms with E-state index in [-0.39, 0.29) is 23.8 Å². The van der Waals surface area contributed by atoms with Gasteiger partial charge in [0.1, 0.15) is 24.9 Å². The number of carbonyl (C=O) groups excluding carboxylic acids is 1. The highest BCUT2D eigenvalue weighted by Gasteiger charge is 2.15. The van der Waals surface area contributed by atoms with Crippen LogP contribution in [0.25, 0.3) is 0 Å². The molecule has 18 heavy (non-hydrogen) atoms. The van der Waals surface area contributed by atoms with Crippen LogP contribution in [-0.2, 0) is 11.3 Å². The Morgan fingerprint density at radius 3 is 2.94 bits per heavy atom. The number of aromatic amines is 1. The molecule has 2 aromatic rings. The number of carboxylic acids is 1. The molecule has 8 nitrogen and oxygen atoms in total. The SMILES string of the molecule is Cc1cc(NC(=O)Cn2cncn2)c(C(=O)O)[nH]1.